The van der Waals surface area contributed by atoms with Gasteiger partial charge in [0.05, 0.1) is 31.9 Å². The summed E-state index contributed by atoms with van der Waals surface area (Å²) < 4.78 is 4.96. The molecule has 2 atom stereocenters. The number of hydrazone groups is 1. The smallest absolute Gasteiger partial charge is 0.319 e. The monoisotopic (exact) mass is 442 g/mol. The molecule has 1 aromatic carbocycles. The summed E-state index contributed by atoms with van der Waals surface area (Å²) in [5.74, 6) is 3.92. The molecule has 0 saturated heterocycles. The van der Waals surface area contributed by atoms with E-state index in [9.17, 15) is 19.5 Å². The van der Waals surface area contributed by atoms with Crippen molar-refractivity contribution in [2.24, 2.45) is 10.9 Å². The highest BCUT2D eigenvalue weighted by Crippen LogP contribution is 2.17. The number of pyridine rings is 1. The molecule has 1 unspecified atom stereocenters. The number of nitrogens with zero attached hydrogens (tertiary/aromatic N) is 2. The molecule has 32 heavy (non-hydrogen) atoms. The van der Waals surface area contributed by atoms with Crippen LogP contribution in [0.2, 0.25) is 0 Å². The van der Waals surface area contributed by atoms with E-state index in [0.717, 1.165) is 5.56 Å². The lowest BCUT2D eigenvalue weighted by Crippen LogP contribution is -2.51. The van der Waals surface area contributed by atoms with Crippen molar-refractivity contribution in [3.05, 3.63) is 59.9 Å². The zero-order chi connectivity index (χ0) is 23.3. The minimum atomic E-state index is -1.25. The van der Waals surface area contributed by atoms with Crippen LogP contribution in [0.5, 0.6) is 0 Å². The standard InChI is InChI=1S/C21H26N6O5/c1-2-32-19(29)10-17(15-4-3-9-23-12-15)26-20(30)18(13-28)27-21(31)25-16-7-5-14(6-8-16)11-24-22/h3-9,11-12,17-18,28H,2,10,13,22H2,1H3,(H,26,30)(H2,25,27,31)/t17?,18-/m0/s1. The van der Waals surface area contributed by atoms with Gasteiger partial charge in [-0.25, -0.2) is 4.79 Å². The van der Waals surface area contributed by atoms with Crippen molar-refractivity contribution in [1.29, 1.82) is 0 Å². The van der Waals surface area contributed by atoms with E-state index in [2.05, 4.69) is 26.0 Å². The number of carbonyl (C=O) groups is 3. The van der Waals surface area contributed by atoms with Gasteiger partial charge in [0.1, 0.15) is 6.04 Å². The Balaban J connectivity index is 2.02. The zero-order valence-electron chi connectivity index (χ0n) is 17.5. The van der Waals surface area contributed by atoms with Crippen molar-refractivity contribution < 1.29 is 24.2 Å². The summed E-state index contributed by atoms with van der Waals surface area (Å²) in [4.78, 5) is 40.9. The number of carbonyl (C=O) groups excluding carboxylic acids is 3. The average Bonchev–Trinajstić information content (AvgIpc) is 2.79. The summed E-state index contributed by atoms with van der Waals surface area (Å²) in [6.07, 6.45) is 4.39. The maximum atomic E-state index is 12.7. The third kappa shape index (κ3) is 7.69. The lowest BCUT2D eigenvalue weighted by molar-refractivity contribution is -0.143. The van der Waals surface area contributed by atoms with Crippen molar-refractivity contribution in [3.63, 3.8) is 0 Å². The van der Waals surface area contributed by atoms with Gasteiger partial charge in [0.2, 0.25) is 5.91 Å². The molecule has 0 aliphatic heterocycles. The summed E-state index contributed by atoms with van der Waals surface area (Å²) in [5, 5.41) is 20.7. The van der Waals surface area contributed by atoms with E-state index in [-0.39, 0.29) is 13.0 Å². The molecule has 170 valence electrons. The first kappa shape index (κ1) is 24.3. The summed E-state index contributed by atoms with van der Waals surface area (Å²) in [5.41, 5.74) is 1.79. The molecule has 0 aliphatic carbocycles. The zero-order valence-corrected chi connectivity index (χ0v) is 17.5. The quantitative estimate of drug-likeness (QED) is 0.156. The molecular formula is C21H26N6O5. The second-order valence-electron chi connectivity index (χ2n) is 6.59. The van der Waals surface area contributed by atoms with Gasteiger partial charge in [0, 0.05) is 18.1 Å². The summed E-state index contributed by atoms with van der Waals surface area (Å²) in [6.45, 7) is 1.23. The number of aliphatic hydroxyl groups is 1. The topological polar surface area (TPSA) is 168 Å². The third-order valence-electron chi connectivity index (χ3n) is 4.28. The van der Waals surface area contributed by atoms with Crippen LogP contribution in [0.15, 0.2) is 53.9 Å². The Hall–Kier alpha value is -3.99. The first-order chi connectivity index (χ1) is 15.5. The maximum absolute atomic E-state index is 12.7. The highest BCUT2D eigenvalue weighted by Gasteiger charge is 2.25. The minimum Gasteiger partial charge on any atom is -0.466 e. The van der Waals surface area contributed by atoms with Gasteiger partial charge in [-0.1, -0.05) is 18.2 Å². The van der Waals surface area contributed by atoms with Gasteiger partial charge < -0.3 is 31.6 Å². The molecule has 0 spiro atoms. The van der Waals surface area contributed by atoms with E-state index in [1.165, 1.54) is 12.4 Å². The number of ether oxygens (including phenoxy) is 1. The largest absolute Gasteiger partial charge is 0.466 e. The fraction of sp³-hybridized carbons (Fsp3) is 0.286. The third-order valence-corrected chi connectivity index (χ3v) is 4.28. The second kappa shape index (κ2) is 12.6. The van der Waals surface area contributed by atoms with E-state index in [0.29, 0.717) is 11.3 Å². The fourth-order valence-corrected chi connectivity index (χ4v) is 2.75. The number of aromatic nitrogens is 1. The van der Waals surface area contributed by atoms with Gasteiger partial charge in [-0.2, -0.15) is 5.10 Å². The van der Waals surface area contributed by atoms with E-state index in [1.807, 2.05) is 0 Å². The number of rotatable bonds is 10. The predicted octanol–water partition coefficient (Wildman–Crippen LogP) is 0.667. The van der Waals surface area contributed by atoms with Crippen LogP contribution in [0.3, 0.4) is 0 Å². The number of esters is 1. The van der Waals surface area contributed by atoms with Gasteiger partial charge in [0.15, 0.2) is 0 Å². The van der Waals surface area contributed by atoms with Crippen LogP contribution in [0.4, 0.5) is 10.5 Å². The van der Waals surface area contributed by atoms with Gasteiger partial charge in [-0.3, -0.25) is 14.6 Å². The Bertz CT molecular complexity index is 920. The first-order valence-corrected chi connectivity index (χ1v) is 9.84. The van der Waals surface area contributed by atoms with E-state index in [1.54, 1.807) is 49.5 Å². The lowest BCUT2D eigenvalue weighted by atomic mass is 10.1. The summed E-state index contributed by atoms with van der Waals surface area (Å²) in [6, 6.07) is 7.31. The maximum Gasteiger partial charge on any atom is 0.319 e. The van der Waals surface area contributed by atoms with Crippen LogP contribution in [0.25, 0.3) is 0 Å². The average molecular weight is 442 g/mol. The Morgan fingerprint density at radius 3 is 2.56 bits per heavy atom. The van der Waals surface area contributed by atoms with Crippen LogP contribution in [-0.4, -0.2) is 53.5 Å². The minimum absolute atomic E-state index is 0.131. The Labute approximate surface area is 185 Å². The van der Waals surface area contributed by atoms with Crippen molar-refractivity contribution in [1.82, 2.24) is 15.6 Å². The van der Waals surface area contributed by atoms with Crippen molar-refractivity contribution >= 4 is 29.8 Å². The lowest BCUT2D eigenvalue weighted by Gasteiger charge is -2.22. The predicted molar refractivity (Wildman–Crippen MR) is 118 cm³/mol. The number of hydrogen-bond acceptors (Lipinski definition) is 8. The number of nitrogens with one attached hydrogen (secondary N) is 3. The number of nitrogens with two attached hydrogens (primary N) is 1. The summed E-state index contributed by atoms with van der Waals surface area (Å²) in [7, 11) is 0. The number of hydrogen-bond donors (Lipinski definition) is 5. The molecule has 0 radical (unpaired) electrons. The van der Waals surface area contributed by atoms with Crippen LogP contribution in [0, 0.1) is 0 Å². The van der Waals surface area contributed by atoms with E-state index in [4.69, 9.17) is 10.6 Å². The highest BCUT2D eigenvalue weighted by atomic mass is 16.5. The SMILES string of the molecule is CCOC(=O)CC(NC(=O)[C@H](CO)NC(=O)Nc1ccc(C=NN)cc1)c1cccnc1. The number of aliphatic hydroxyl groups excluding tert-OH is 1. The highest BCUT2D eigenvalue weighted by molar-refractivity contribution is 5.94. The van der Waals surface area contributed by atoms with Crippen molar-refractivity contribution in [2.75, 3.05) is 18.5 Å². The van der Waals surface area contributed by atoms with Crippen LogP contribution < -0.4 is 21.8 Å². The molecule has 3 amide bonds. The molecule has 11 heteroatoms. The Kier molecular flexibility index (Phi) is 9.60. The molecule has 2 aromatic rings. The first-order valence-electron chi connectivity index (χ1n) is 9.84. The molecule has 0 fully saturated rings. The number of benzene rings is 1. The number of anilines is 1. The van der Waals surface area contributed by atoms with Gasteiger partial charge in [-0.05, 0) is 36.2 Å². The molecule has 11 nitrogen and oxygen atoms in total. The van der Waals surface area contributed by atoms with Crippen molar-refractivity contribution in [3.8, 4) is 0 Å². The number of amides is 3. The molecule has 0 bridgehead atoms. The van der Waals surface area contributed by atoms with Crippen LogP contribution in [0.1, 0.15) is 30.5 Å². The molecular weight excluding hydrogens is 416 g/mol. The molecule has 0 aliphatic rings. The normalized spacial score (nSPS) is 12.6. The molecule has 0 saturated carbocycles. The van der Waals surface area contributed by atoms with Crippen LogP contribution >= 0.6 is 0 Å². The molecule has 1 aromatic heterocycles. The fourth-order valence-electron chi connectivity index (χ4n) is 2.75. The van der Waals surface area contributed by atoms with Gasteiger partial charge in [-0.15, -0.1) is 0 Å². The Morgan fingerprint density at radius 1 is 1.22 bits per heavy atom. The number of urea groups is 1. The molecule has 2 rings (SSSR count). The summed E-state index contributed by atoms with van der Waals surface area (Å²) >= 11 is 0. The molecule has 6 N–H and O–H groups in total. The Morgan fingerprint density at radius 2 is 1.97 bits per heavy atom. The van der Waals surface area contributed by atoms with Crippen molar-refractivity contribution in [2.45, 2.75) is 25.4 Å². The van der Waals surface area contributed by atoms with Gasteiger partial charge in [0.25, 0.3) is 0 Å². The van der Waals surface area contributed by atoms with E-state index >= 15 is 0 Å². The molecule has 1 heterocycles. The van der Waals surface area contributed by atoms with E-state index < -0.39 is 36.6 Å². The second-order valence-corrected chi connectivity index (χ2v) is 6.59. The van der Waals surface area contributed by atoms with Crippen LogP contribution in [-0.2, 0) is 14.3 Å². The van der Waals surface area contributed by atoms with Gasteiger partial charge >= 0.3 is 12.0 Å².